The predicted octanol–water partition coefficient (Wildman–Crippen LogP) is 0.824. The first-order valence-corrected chi connectivity index (χ1v) is 4.96. The van der Waals surface area contributed by atoms with Crippen molar-refractivity contribution in [3.8, 4) is 0 Å². The summed E-state index contributed by atoms with van der Waals surface area (Å²) < 4.78 is 2.03. The topological polar surface area (TPSA) is 32.6 Å². The fourth-order valence-electron chi connectivity index (χ4n) is 0.680. The van der Waals surface area contributed by atoms with Crippen LogP contribution in [-0.4, -0.2) is 24.8 Å². The fraction of sp³-hybridized carbons (Fsp3) is 0.125. The van der Waals surface area contributed by atoms with E-state index in [-0.39, 0.29) is 15.0 Å². The molecule has 0 aliphatic carbocycles. The van der Waals surface area contributed by atoms with E-state index >= 15 is 0 Å². The van der Waals surface area contributed by atoms with Gasteiger partial charge < -0.3 is 0 Å². The summed E-state index contributed by atoms with van der Waals surface area (Å²) in [6.07, 6.45) is 0. The van der Waals surface area contributed by atoms with E-state index in [2.05, 4.69) is 5.16 Å². The molecule has 0 spiro atoms. The van der Waals surface area contributed by atoms with Crippen LogP contribution in [0.1, 0.15) is 6.92 Å². The van der Waals surface area contributed by atoms with E-state index in [1.807, 2.05) is 37.3 Å². The van der Waals surface area contributed by atoms with Crippen LogP contribution >= 0.6 is 0 Å². The third kappa shape index (κ3) is 2.74. The Bertz CT molecular complexity index is 246. The molecule has 0 aliphatic rings. The second-order valence-corrected chi connectivity index (χ2v) is 4.69. The Labute approximate surface area is 72.1 Å². The van der Waals surface area contributed by atoms with Crippen LogP contribution < -0.4 is 4.46 Å². The molecule has 0 bridgehead atoms. The molecule has 58 valence electrons. The first kappa shape index (κ1) is 8.31. The van der Waals surface area contributed by atoms with Gasteiger partial charge in [0.1, 0.15) is 0 Å². The van der Waals surface area contributed by atoms with E-state index in [9.17, 15) is 0 Å². The molecule has 0 aliphatic heterocycles. The van der Waals surface area contributed by atoms with Crippen LogP contribution in [0.4, 0.5) is 0 Å². The van der Waals surface area contributed by atoms with Gasteiger partial charge in [-0.1, -0.05) is 0 Å². The Morgan fingerprint density at radius 3 is 2.55 bits per heavy atom. The van der Waals surface area contributed by atoms with Crippen LogP contribution in [0.15, 0.2) is 35.5 Å². The molecule has 0 amide bonds. The third-order valence-corrected chi connectivity index (χ3v) is 3.01. The molecule has 1 N–H and O–H groups in total. The molecule has 2 nitrogen and oxygen atoms in total. The van der Waals surface area contributed by atoms with Gasteiger partial charge >= 0.3 is 71.6 Å². The SMILES string of the molecule is C/C(=N\O)[Se]c1ccccc1. The Hall–Kier alpha value is -0.791. The molecular formula is C8H9NOSe. The van der Waals surface area contributed by atoms with Crippen molar-refractivity contribution in [3.05, 3.63) is 30.3 Å². The van der Waals surface area contributed by atoms with E-state index in [4.69, 9.17) is 5.21 Å². The molecule has 3 heteroatoms. The zero-order valence-electron chi connectivity index (χ0n) is 6.19. The van der Waals surface area contributed by atoms with Crippen molar-refractivity contribution < 1.29 is 5.21 Å². The van der Waals surface area contributed by atoms with Gasteiger partial charge in [-0.25, -0.2) is 0 Å². The normalized spacial score (nSPS) is 11.5. The van der Waals surface area contributed by atoms with Crippen LogP contribution in [0.5, 0.6) is 0 Å². The number of hydrogen-bond donors (Lipinski definition) is 1. The average molecular weight is 214 g/mol. The molecule has 0 atom stereocenters. The quantitative estimate of drug-likeness (QED) is 0.336. The van der Waals surface area contributed by atoms with Gasteiger partial charge in [-0.05, 0) is 0 Å². The van der Waals surface area contributed by atoms with Crippen molar-refractivity contribution in [2.45, 2.75) is 6.92 Å². The van der Waals surface area contributed by atoms with Gasteiger partial charge in [0.05, 0.1) is 0 Å². The Morgan fingerprint density at radius 1 is 1.36 bits per heavy atom. The number of nitrogens with zero attached hydrogens (tertiary/aromatic N) is 1. The molecule has 0 aromatic heterocycles. The number of benzene rings is 1. The van der Waals surface area contributed by atoms with Gasteiger partial charge in [0.15, 0.2) is 0 Å². The molecule has 0 saturated heterocycles. The van der Waals surface area contributed by atoms with Crippen LogP contribution in [-0.2, 0) is 0 Å². The van der Waals surface area contributed by atoms with Gasteiger partial charge in [-0.2, -0.15) is 0 Å². The van der Waals surface area contributed by atoms with E-state index in [1.165, 1.54) is 4.46 Å². The van der Waals surface area contributed by atoms with Gasteiger partial charge in [-0.15, -0.1) is 0 Å². The molecule has 1 aromatic carbocycles. The van der Waals surface area contributed by atoms with Crippen LogP contribution in [0.25, 0.3) is 0 Å². The van der Waals surface area contributed by atoms with Crippen molar-refractivity contribution in [2.75, 3.05) is 0 Å². The summed E-state index contributed by atoms with van der Waals surface area (Å²) in [5, 5.41) is 11.5. The van der Waals surface area contributed by atoms with Crippen molar-refractivity contribution in [1.29, 1.82) is 0 Å². The summed E-state index contributed by atoms with van der Waals surface area (Å²) in [5.41, 5.74) is 0. The minimum atomic E-state index is 0.177. The number of oxime groups is 1. The molecule has 0 saturated carbocycles. The second kappa shape index (κ2) is 4.16. The molecule has 1 aromatic rings. The van der Waals surface area contributed by atoms with E-state index in [0.29, 0.717) is 0 Å². The van der Waals surface area contributed by atoms with Gasteiger partial charge in [-0.3, -0.25) is 0 Å². The van der Waals surface area contributed by atoms with Crippen LogP contribution in [0, 0.1) is 0 Å². The summed E-state index contributed by atoms with van der Waals surface area (Å²) in [4.78, 5) is 0. The average Bonchev–Trinajstić information content (AvgIpc) is 2.06. The molecular weight excluding hydrogens is 205 g/mol. The number of rotatable bonds is 2. The zero-order valence-corrected chi connectivity index (χ0v) is 7.90. The summed E-state index contributed by atoms with van der Waals surface area (Å²) in [6.45, 7) is 1.83. The standard InChI is InChI=1S/C8H9NOSe/c1-7(9-10)11-8-5-3-2-4-6-8/h2-6,10H,1H3/b9-7+. The van der Waals surface area contributed by atoms with E-state index in [0.717, 1.165) is 4.61 Å². The summed E-state index contributed by atoms with van der Waals surface area (Å²) in [5.74, 6) is 0. The Morgan fingerprint density at radius 2 is 2.00 bits per heavy atom. The van der Waals surface area contributed by atoms with Crippen molar-refractivity contribution in [2.24, 2.45) is 5.16 Å². The van der Waals surface area contributed by atoms with Gasteiger partial charge in [0.2, 0.25) is 0 Å². The maximum atomic E-state index is 8.40. The molecule has 0 fully saturated rings. The second-order valence-electron chi connectivity index (χ2n) is 2.03. The van der Waals surface area contributed by atoms with Crippen molar-refractivity contribution >= 4 is 24.0 Å². The molecule has 0 heterocycles. The number of hydrogen-bond acceptors (Lipinski definition) is 2. The first-order valence-electron chi connectivity index (χ1n) is 3.24. The Kier molecular flexibility index (Phi) is 3.14. The van der Waals surface area contributed by atoms with E-state index < -0.39 is 0 Å². The van der Waals surface area contributed by atoms with Gasteiger partial charge in [0.25, 0.3) is 0 Å². The molecule has 1 rings (SSSR count). The Balaban J connectivity index is 2.65. The van der Waals surface area contributed by atoms with Crippen molar-refractivity contribution in [3.63, 3.8) is 0 Å². The first-order chi connectivity index (χ1) is 5.33. The molecule has 0 unspecified atom stereocenters. The van der Waals surface area contributed by atoms with Crippen LogP contribution in [0.3, 0.4) is 0 Å². The summed E-state index contributed by atoms with van der Waals surface area (Å²) in [6, 6.07) is 10.0. The van der Waals surface area contributed by atoms with Crippen molar-refractivity contribution in [1.82, 2.24) is 0 Å². The van der Waals surface area contributed by atoms with E-state index in [1.54, 1.807) is 0 Å². The fourth-order valence-corrected chi connectivity index (χ4v) is 2.10. The molecule has 0 radical (unpaired) electrons. The summed E-state index contributed by atoms with van der Waals surface area (Å²) >= 11 is 0.177. The monoisotopic (exact) mass is 215 g/mol. The van der Waals surface area contributed by atoms with Crippen LogP contribution in [0.2, 0.25) is 0 Å². The molecule has 11 heavy (non-hydrogen) atoms. The zero-order chi connectivity index (χ0) is 8.10. The minimum absolute atomic E-state index is 0.177. The summed E-state index contributed by atoms with van der Waals surface area (Å²) in [7, 11) is 0. The third-order valence-electron chi connectivity index (χ3n) is 1.15. The predicted molar refractivity (Wildman–Crippen MR) is 46.7 cm³/mol. The van der Waals surface area contributed by atoms with Gasteiger partial charge in [0, 0.05) is 0 Å². The maximum absolute atomic E-state index is 8.40.